The number of hydrogen-bond donors (Lipinski definition) is 1. The SMILES string of the molecule is C#CCCCC1(C(=O)O)CCC1. The molecule has 66 valence electrons. The largest absolute Gasteiger partial charge is 0.481 e. The van der Waals surface area contributed by atoms with Gasteiger partial charge >= 0.3 is 5.97 Å². The number of rotatable bonds is 4. The number of unbranched alkanes of at least 4 members (excludes halogenated alkanes) is 1. The summed E-state index contributed by atoms with van der Waals surface area (Å²) in [6, 6.07) is 0. The summed E-state index contributed by atoms with van der Waals surface area (Å²) >= 11 is 0. The molecule has 0 bridgehead atoms. The van der Waals surface area contributed by atoms with Gasteiger partial charge in [0, 0.05) is 6.42 Å². The number of terminal acetylenes is 1. The first-order valence-corrected chi connectivity index (χ1v) is 4.38. The maximum atomic E-state index is 10.8. The summed E-state index contributed by atoms with van der Waals surface area (Å²) in [5, 5.41) is 8.93. The summed E-state index contributed by atoms with van der Waals surface area (Å²) in [5.74, 6) is 1.90. The monoisotopic (exact) mass is 166 g/mol. The zero-order valence-electron chi connectivity index (χ0n) is 7.18. The van der Waals surface area contributed by atoms with Crippen molar-refractivity contribution in [2.24, 2.45) is 5.41 Å². The van der Waals surface area contributed by atoms with Crippen LogP contribution in [0.2, 0.25) is 0 Å². The van der Waals surface area contributed by atoms with Crippen molar-refractivity contribution in [1.29, 1.82) is 0 Å². The molecule has 0 aromatic heterocycles. The van der Waals surface area contributed by atoms with Gasteiger partial charge in [-0.3, -0.25) is 4.79 Å². The molecule has 1 aliphatic carbocycles. The van der Waals surface area contributed by atoms with Crippen LogP contribution in [-0.2, 0) is 4.79 Å². The van der Waals surface area contributed by atoms with E-state index in [4.69, 9.17) is 11.5 Å². The van der Waals surface area contributed by atoms with Crippen LogP contribution in [0.15, 0.2) is 0 Å². The maximum Gasteiger partial charge on any atom is 0.309 e. The Morgan fingerprint density at radius 3 is 2.58 bits per heavy atom. The van der Waals surface area contributed by atoms with Crippen LogP contribution in [0.25, 0.3) is 0 Å². The minimum absolute atomic E-state index is 0.406. The minimum Gasteiger partial charge on any atom is -0.481 e. The first-order valence-electron chi connectivity index (χ1n) is 4.38. The Bertz CT molecular complexity index is 208. The van der Waals surface area contributed by atoms with Gasteiger partial charge < -0.3 is 5.11 Å². The van der Waals surface area contributed by atoms with Crippen LogP contribution in [0.3, 0.4) is 0 Å². The van der Waals surface area contributed by atoms with Gasteiger partial charge in [0.25, 0.3) is 0 Å². The van der Waals surface area contributed by atoms with Gasteiger partial charge in [0.05, 0.1) is 5.41 Å². The molecule has 0 amide bonds. The van der Waals surface area contributed by atoms with Crippen molar-refractivity contribution in [2.75, 3.05) is 0 Å². The van der Waals surface area contributed by atoms with E-state index in [-0.39, 0.29) is 0 Å². The number of aliphatic carboxylic acids is 1. The molecule has 0 atom stereocenters. The van der Waals surface area contributed by atoms with Crippen LogP contribution in [0.1, 0.15) is 38.5 Å². The van der Waals surface area contributed by atoms with Crippen molar-refractivity contribution in [3.63, 3.8) is 0 Å². The van der Waals surface area contributed by atoms with Crippen LogP contribution in [-0.4, -0.2) is 11.1 Å². The van der Waals surface area contributed by atoms with Gasteiger partial charge in [0.1, 0.15) is 0 Å². The lowest BCUT2D eigenvalue weighted by Gasteiger charge is -2.37. The van der Waals surface area contributed by atoms with Crippen LogP contribution in [0, 0.1) is 17.8 Å². The third kappa shape index (κ3) is 1.61. The van der Waals surface area contributed by atoms with Gasteiger partial charge in [0.2, 0.25) is 0 Å². The molecule has 0 aromatic carbocycles. The molecule has 12 heavy (non-hydrogen) atoms. The van der Waals surface area contributed by atoms with Gasteiger partial charge in [-0.05, 0) is 25.7 Å². The lowest BCUT2D eigenvalue weighted by atomic mass is 9.66. The summed E-state index contributed by atoms with van der Waals surface area (Å²) in [5.41, 5.74) is -0.406. The second-order valence-electron chi connectivity index (χ2n) is 3.50. The highest BCUT2D eigenvalue weighted by molar-refractivity contribution is 5.75. The molecular formula is C10H14O2. The Morgan fingerprint density at radius 2 is 2.25 bits per heavy atom. The molecule has 1 rings (SSSR count). The fraction of sp³-hybridized carbons (Fsp3) is 0.700. The van der Waals surface area contributed by atoms with E-state index in [0.29, 0.717) is 6.42 Å². The maximum absolute atomic E-state index is 10.8. The molecule has 0 radical (unpaired) electrons. The molecule has 0 saturated heterocycles. The van der Waals surface area contributed by atoms with Crippen molar-refractivity contribution >= 4 is 5.97 Å². The molecule has 1 saturated carbocycles. The summed E-state index contributed by atoms with van der Waals surface area (Å²) in [6.45, 7) is 0. The van der Waals surface area contributed by atoms with Gasteiger partial charge in [0.15, 0.2) is 0 Å². The lowest BCUT2D eigenvalue weighted by molar-refractivity contribution is -0.155. The molecule has 1 fully saturated rings. The van der Waals surface area contributed by atoms with Crippen molar-refractivity contribution in [3.8, 4) is 12.3 Å². The predicted octanol–water partition coefficient (Wildman–Crippen LogP) is 2.04. The zero-order chi connectivity index (χ0) is 9.03. The molecule has 0 heterocycles. The van der Waals surface area contributed by atoms with Crippen LogP contribution >= 0.6 is 0 Å². The summed E-state index contributed by atoms with van der Waals surface area (Å²) < 4.78 is 0. The van der Waals surface area contributed by atoms with E-state index in [1.165, 1.54) is 0 Å². The Balaban J connectivity index is 2.36. The Kier molecular flexibility index (Phi) is 2.75. The van der Waals surface area contributed by atoms with Crippen molar-refractivity contribution in [2.45, 2.75) is 38.5 Å². The number of carboxylic acids is 1. The molecule has 1 aliphatic rings. The van der Waals surface area contributed by atoms with E-state index in [2.05, 4.69) is 5.92 Å². The summed E-state index contributed by atoms with van der Waals surface area (Å²) in [4.78, 5) is 10.8. The lowest BCUT2D eigenvalue weighted by Crippen LogP contribution is -2.37. The van der Waals surface area contributed by atoms with Crippen molar-refractivity contribution < 1.29 is 9.90 Å². The zero-order valence-corrected chi connectivity index (χ0v) is 7.18. The molecule has 0 spiro atoms. The summed E-state index contributed by atoms with van der Waals surface area (Å²) in [7, 11) is 0. The third-order valence-corrected chi connectivity index (χ3v) is 2.74. The first kappa shape index (κ1) is 9.12. The first-order chi connectivity index (χ1) is 5.71. The highest BCUT2D eigenvalue weighted by Crippen LogP contribution is 2.45. The van der Waals surface area contributed by atoms with Crippen LogP contribution < -0.4 is 0 Å². The minimum atomic E-state index is -0.634. The molecule has 0 aliphatic heterocycles. The molecule has 0 aromatic rings. The molecule has 1 N–H and O–H groups in total. The topological polar surface area (TPSA) is 37.3 Å². The standard InChI is InChI=1S/C10H14O2/c1-2-3-4-6-10(9(11)12)7-5-8-10/h1H,3-8H2,(H,11,12). The quantitative estimate of drug-likeness (QED) is 0.512. The number of carboxylic acid groups (broad SMARTS) is 1. The van der Waals surface area contributed by atoms with E-state index in [1.807, 2.05) is 0 Å². The molecule has 2 nitrogen and oxygen atoms in total. The average molecular weight is 166 g/mol. The van der Waals surface area contributed by atoms with E-state index >= 15 is 0 Å². The van der Waals surface area contributed by atoms with Gasteiger partial charge in [-0.15, -0.1) is 12.3 Å². The highest BCUT2D eigenvalue weighted by Gasteiger charge is 2.43. The van der Waals surface area contributed by atoms with E-state index < -0.39 is 11.4 Å². The second-order valence-corrected chi connectivity index (χ2v) is 3.50. The normalized spacial score (nSPS) is 19.2. The van der Waals surface area contributed by atoms with Crippen LogP contribution in [0.5, 0.6) is 0 Å². The van der Waals surface area contributed by atoms with Crippen molar-refractivity contribution in [3.05, 3.63) is 0 Å². The van der Waals surface area contributed by atoms with E-state index in [1.54, 1.807) is 0 Å². The van der Waals surface area contributed by atoms with Gasteiger partial charge in [-0.1, -0.05) is 6.42 Å². The molecule has 0 unspecified atom stereocenters. The van der Waals surface area contributed by atoms with Gasteiger partial charge in [-0.25, -0.2) is 0 Å². The molecule has 2 heteroatoms. The predicted molar refractivity (Wildman–Crippen MR) is 46.6 cm³/mol. The number of hydrogen-bond acceptors (Lipinski definition) is 1. The smallest absolute Gasteiger partial charge is 0.309 e. The van der Waals surface area contributed by atoms with E-state index in [0.717, 1.165) is 32.1 Å². The fourth-order valence-corrected chi connectivity index (χ4v) is 1.70. The number of carbonyl (C=O) groups is 1. The Hall–Kier alpha value is -0.970. The second kappa shape index (κ2) is 3.62. The average Bonchev–Trinajstić information content (AvgIpc) is 1.94. The van der Waals surface area contributed by atoms with Gasteiger partial charge in [-0.2, -0.15) is 0 Å². The fourth-order valence-electron chi connectivity index (χ4n) is 1.70. The van der Waals surface area contributed by atoms with E-state index in [9.17, 15) is 4.79 Å². The Labute approximate surface area is 73.0 Å². The van der Waals surface area contributed by atoms with Crippen molar-refractivity contribution in [1.82, 2.24) is 0 Å². The third-order valence-electron chi connectivity index (χ3n) is 2.74. The Morgan fingerprint density at radius 1 is 1.58 bits per heavy atom. The highest BCUT2D eigenvalue weighted by atomic mass is 16.4. The van der Waals surface area contributed by atoms with Crippen LogP contribution in [0.4, 0.5) is 0 Å². The molecular weight excluding hydrogens is 152 g/mol. The summed E-state index contributed by atoms with van der Waals surface area (Å²) in [6.07, 6.45) is 10.1.